The summed E-state index contributed by atoms with van der Waals surface area (Å²) in [6, 6.07) is 20.9. The van der Waals surface area contributed by atoms with Crippen molar-refractivity contribution in [2.24, 2.45) is 10.2 Å². The van der Waals surface area contributed by atoms with Crippen LogP contribution in [0, 0.1) is 0 Å². The van der Waals surface area contributed by atoms with Crippen molar-refractivity contribution in [2.45, 2.75) is 0 Å². The highest BCUT2D eigenvalue weighted by atomic mass is 16.4. The predicted octanol–water partition coefficient (Wildman–Crippen LogP) is 5.65. The fourth-order valence-electron chi connectivity index (χ4n) is 3.07. The molecule has 142 valence electrons. The molecule has 0 aliphatic carbocycles. The van der Waals surface area contributed by atoms with Crippen molar-refractivity contribution in [1.29, 1.82) is 0 Å². The summed E-state index contributed by atoms with van der Waals surface area (Å²) in [5.74, 6) is -2.47. The number of carbonyl (C=O) groups is 2. The number of aromatic carboxylic acids is 2. The number of hydrogen-bond acceptors (Lipinski definition) is 4. The van der Waals surface area contributed by atoms with E-state index in [0.29, 0.717) is 5.69 Å². The number of nitrogens with one attached hydrogen (secondary N) is 1. The molecule has 3 aromatic carbocycles. The molecule has 0 fully saturated rings. The number of H-pyrrole nitrogens is 1. The minimum atomic E-state index is -1.23. The van der Waals surface area contributed by atoms with Gasteiger partial charge in [-0.15, -0.1) is 5.11 Å². The SMILES string of the molecule is O=C(O)c1cc(N=Nc2c(-c3ccccc3)[nH]c3ccccc23)cc(C(=O)O)c1. The van der Waals surface area contributed by atoms with E-state index in [9.17, 15) is 19.8 Å². The van der Waals surface area contributed by atoms with Crippen molar-refractivity contribution in [3.05, 3.63) is 83.9 Å². The number of para-hydroxylation sites is 1. The summed E-state index contributed by atoms with van der Waals surface area (Å²) in [7, 11) is 0. The third kappa shape index (κ3) is 3.61. The minimum Gasteiger partial charge on any atom is -0.478 e. The van der Waals surface area contributed by atoms with Crippen molar-refractivity contribution in [1.82, 2.24) is 4.98 Å². The van der Waals surface area contributed by atoms with Crippen molar-refractivity contribution < 1.29 is 19.8 Å². The summed E-state index contributed by atoms with van der Waals surface area (Å²) in [6.45, 7) is 0. The number of nitrogens with zero attached hydrogens (tertiary/aromatic N) is 2. The zero-order valence-corrected chi connectivity index (χ0v) is 15.0. The molecule has 0 aliphatic rings. The summed E-state index contributed by atoms with van der Waals surface area (Å²) < 4.78 is 0. The average Bonchev–Trinajstić information content (AvgIpc) is 3.11. The van der Waals surface area contributed by atoms with E-state index in [2.05, 4.69) is 15.2 Å². The average molecular weight is 385 g/mol. The lowest BCUT2D eigenvalue weighted by Crippen LogP contribution is -2.01. The Morgan fingerprint density at radius 2 is 1.38 bits per heavy atom. The molecular weight excluding hydrogens is 370 g/mol. The molecule has 1 aromatic heterocycles. The first-order valence-corrected chi connectivity index (χ1v) is 8.72. The fraction of sp³-hybridized carbons (Fsp3) is 0. The topological polar surface area (TPSA) is 115 Å². The Kier molecular flexibility index (Phi) is 4.62. The van der Waals surface area contributed by atoms with Gasteiger partial charge in [0.2, 0.25) is 0 Å². The molecule has 4 aromatic rings. The molecular formula is C22H15N3O4. The molecule has 0 spiro atoms. The highest BCUT2D eigenvalue weighted by molar-refractivity contribution is 5.99. The Morgan fingerprint density at radius 3 is 2.03 bits per heavy atom. The molecule has 3 N–H and O–H groups in total. The first kappa shape index (κ1) is 18.1. The third-order valence-electron chi connectivity index (χ3n) is 4.42. The molecule has 0 amide bonds. The van der Waals surface area contributed by atoms with E-state index < -0.39 is 11.9 Å². The van der Waals surface area contributed by atoms with Crippen LogP contribution in [0.3, 0.4) is 0 Å². The number of carboxylic acids is 2. The zero-order chi connectivity index (χ0) is 20.4. The molecule has 0 saturated carbocycles. The maximum Gasteiger partial charge on any atom is 0.335 e. The van der Waals surface area contributed by atoms with Crippen LogP contribution in [-0.2, 0) is 0 Å². The highest BCUT2D eigenvalue weighted by Crippen LogP contribution is 2.38. The standard InChI is InChI=1S/C22H15N3O4/c26-21(27)14-10-15(22(28)29)12-16(11-14)24-25-20-17-8-4-5-9-18(17)23-19(20)13-6-2-1-3-7-13/h1-12,23H,(H,26,27)(H,28,29). The first-order chi connectivity index (χ1) is 14.0. The number of aromatic amines is 1. The number of azo groups is 1. The summed E-state index contributed by atoms with van der Waals surface area (Å²) in [5, 5.41) is 27.8. The van der Waals surface area contributed by atoms with E-state index in [1.807, 2.05) is 54.6 Å². The molecule has 0 saturated heterocycles. The Hall–Kier alpha value is -4.26. The van der Waals surface area contributed by atoms with Crippen LogP contribution in [0.4, 0.5) is 11.4 Å². The van der Waals surface area contributed by atoms with Gasteiger partial charge in [-0.05, 0) is 24.3 Å². The minimum absolute atomic E-state index is 0.145. The molecule has 7 heteroatoms. The van der Waals surface area contributed by atoms with Gasteiger partial charge in [-0.3, -0.25) is 0 Å². The Bertz CT molecular complexity index is 1230. The van der Waals surface area contributed by atoms with Gasteiger partial charge in [-0.1, -0.05) is 48.5 Å². The van der Waals surface area contributed by atoms with Crippen LogP contribution >= 0.6 is 0 Å². The van der Waals surface area contributed by atoms with Crippen molar-refractivity contribution >= 4 is 34.2 Å². The number of hydrogen-bond donors (Lipinski definition) is 3. The Labute approximate surface area is 165 Å². The quantitative estimate of drug-likeness (QED) is 0.385. The first-order valence-electron chi connectivity index (χ1n) is 8.72. The monoisotopic (exact) mass is 385 g/mol. The van der Waals surface area contributed by atoms with Crippen LogP contribution in [0.15, 0.2) is 83.0 Å². The maximum atomic E-state index is 11.3. The van der Waals surface area contributed by atoms with Crippen molar-refractivity contribution in [3.63, 3.8) is 0 Å². The molecule has 0 atom stereocenters. The van der Waals surface area contributed by atoms with Crippen molar-refractivity contribution in [3.8, 4) is 11.3 Å². The van der Waals surface area contributed by atoms with Gasteiger partial charge in [0.05, 0.1) is 22.5 Å². The van der Waals surface area contributed by atoms with E-state index in [4.69, 9.17) is 0 Å². The van der Waals surface area contributed by atoms with Crippen LogP contribution < -0.4 is 0 Å². The van der Waals surface area contributed by atoms with Crippen LogP contribution in [0.5, 0.6) is 0 Å². The molecule has 0 unspecified atom stereocenters. The van der Waals surface area contributed by atoms with Crippen LogP contribution in [-0.4, -0.2) is 27.1 Å². The second-order valence-corrected chi connectivity index (χ2v) is 6.34. The lowest BCUT2D eigenvalue weighted by molar-refractivity contribution is 0.0696. The third-order valence-corrected chi connectivity index (χ3v) is 4.42. The van der Waals surface area contributed by atoms with E-state index in [-0.39, 0.29) is 16.8 Å². The molecule has 0 radical (unpaired) electrons. The van der Waals surface area contributed by atoms with Crippen LogP contribution in [0.1, 0.15) is 20.7 Å². The molecule has 0 bridgehead atoms. The van der Waals surface area contributed by atoms with Gasteiger partial charge in [-0.25, -0.2) is 9.59 Å². The predicted molar refractivity (Wildman–Crippen MR) is 108 cm³/mol. The van der Waals surface area contributed by atoms with E-state index in [1.165, 1.54) is 12.1 Å². The van der Waals surface area contributed by atoms with Crippen molar-refractivity contribution in [2.75, 3.05) is 0 Å². The fourth-order valence-corrected chi connectivity index (χ4v) is 3.07. The summed E-state index contributed by atoms with van der Waals surface area (Å²) in [5.41, 5.74) is 2.97. The van der Waals surface area contributed by atoms with Crippen LogP contribution in [0.2, 0.25) is 0 Å². The molecule has 0 aliphatic heterocycles. The van der Waals surface area contributed by atoms with Gasteiger partial charge < -0.3 is 15.2 Å². The number of fused-ring (bicyclic) bond motifs is 1. The zero-order valence-electron chi connectivity index (χ0n) is 15.0. The summed E-state index contributed by atoms with van der Waals surface area (Å²) >= 11 is 0. The summed E-state index contributed by atoms with van der Waals surface area (Å²) in [4.78, 5) is 25.9. The number of rotatable bonds is 5. The Balaban J connectivity index is 1.85. The van der Waals surface area contributed by atoms with Gasteiger partial charge in [0.1, 0.15) is 5.69 Å². The molecule has 7 nitrogen and oxygen atoms in total. The van der Waals surface area contributed by atoms with Gasteiger partial charge in [0.15, 0.2) is 0 Å². The number of benzene rings is 3. The van der Waals surface area contributed by atoms with Crippen LogP contribution in [0.25, 0.3) is 22.2 Å². The normalized spacial score (nSPS) is 11.2. The van der Waals surface area contributed by atoms with Gasteiger partial charge in [0.25, 0.3) is 0 Å². The molecule has 1 heterocycles. The molecule has 29 heavy (non-hydrogen) atoms. The Morgan fingerprint density at radius 1 is 0.759 bits per heavy atom. The smallest absolute Gasteiger partial charge is 0.335 e. The van der Waals surface area contributed by atoms with E-state index in [1.54, 1.807) is 0 Å². The van der Waals surface area contributed by atoms with E-state index in [0.717, 1.165) is 28.2 Å². The maximum absolute atomic E-state index is 11.3. The second-order valence-electron chi connectivity index (χ2n) is 6.34. The van der Waals surface area contributed by atoms with Gasteiger partial charge in [0, 0.05) is 16.5 Å². The summed E-state index contributed by atoms with van der Waals surface area (Å²) in [6.07, 6.45) is 0. The number of aromatic nitrogens is 1. The molecule has 4 rings (SSSR count). The lowest BCUT2D eigenvalue weighted by atomic mass is 10.1. The largest absolute Gasteiger partial charge is 0.478 e. The van der Waals surface area contributed by atoms with E-state index >= 15 is 0 Å². The van der Waals surface area contributed by atoms with Gasteiger partial charge in [-0.2, -0.15) is 5.11 Å². The van der Waals surface area contributed by atoms with Gasteiger partial charge >= 0.3 is 11.9 Å². The lowest BCUT2D eigenvalue weighted by Gasteiger charge is -2.02. The number of carboxylic acid groups (broad SMARTS) is 2. The second kappa shape index (κ2) is 7.40. The highest BCUT2D eigenvalue weighted by Gasteiger charge is 2.14.